The van der Waals surface area contributed by atoms with Crippen LogP contribution >= 0.6 is 22.6 Å². The van der Waals surface area contributed by atoms with Crippen molar-refractivity contribution in [3.63, 3.8) is 0 Å². The van der Waals surface area contributed by atoms with Crippen molar-refractivity contribution < 1.29 is 27.1 Å². The molecule has 0 spiro atoms. The SMILES string of the molecule is COc1cc(/C=C(\C#N)C(=O)Nc2cccc([N+](=O)[O-])c2)cc(I)c1OS(=O)(=O)c1ccc(C)cc1. The van der Waals surface area contributed by atoms with Gasteiger partial charge in [0.1, 0.15) is 16.5 Å². The standard InChI is InChI=1S/C24H18IN3O7S/c1-15-6-8-20(9-7-15)36(32,33)35-23-21(25)11-16(12-22(23)34-2)10-17(14-26)24(29)27-18-4-3-5-19(13-18)28(30)31/h3-13H,1-2H3,(H,27,29)/b17-10+. The van der Waals surface area contributed by atoms with E-state index in [1.54, 1.807) is 18.2 Å². The Morgan fingerprint density at radius 2 is 1.86 bits per heavy atom. The van der Waals surface area contributed by atoms with Crippen LogP contribution in [0.3, 0.4) is 0 Å². The Morgan fingerprint density at radius 3 is 2.47 bits per heavy atom. The Labute approximate surface area is 220 Å². The number of nitrogens with one attached hydrogen (secondary N) is 1. The number of nitrogens with zero attached hydrogens (tertiary/aromatic N) is 2. The second-order valence-electron chi connectivity index (χ2n) is 7.32. The van der Waals surface area contributed by atoms with E-state index in [9.17, 15) is 28.6 Å². The van der Waals surface area contributed by atoms with Crippen LogP contribution in [0.15, 0.2) is 71.1 Å². The topological polar surface area (TPSA) is 149 Å². The zero-order chi connectivity index (χ0) is 26.5. The van der Waals surface area contributed by atoms with Crippen molar-refractivity contribution in [3.8, 4) is 17.6 Å². The number of carbonyl (C=O) groups excluding carboxylic acids is 1. The molecular weight excluding hydrogens is 601 g/mol. The third kappa shape index (κ3) is 6.37. The van der Waals surface area contributed by atoms with Crippen molar-refractivity contribution in [1.82, 2.24) is 0 Å². The molecule has 3 aromatic rings. The van der Waals surface area contributed by atoms with Gasteiger partial charge in [0, 0.05) is 17.8 Å². The summed E-state index contributed by atoms with van der Waals surface area (Å²) in [5.41, 5.74) is 0.890. The third-order valence-corrected chi connectivity index (χ3v) is 6.78. The van der Waals surface area contributed by atoms with Gasteiger partial charge in [-0.1, -0.05) is 23.8 Å². The predicted molar refractivity (Wildman–Crippen MR) is 140 cm³/mol. The quantitative estimate of drug-likeness (QED) is 0.0942. The van der Waals surface area contributed by atoms with E-state index in [0.29, 0.717) is 9.13 Å². The summed E-state index contributed by atoms with van der Waals surface area (Å²) in [5, 5.41) is 22.9. The summed E-state index contributed by atoms with van der Waals surface area (Å²) >= 11 is 1.86. The fourth-order valence-electron chi connectivity index (χ4n) is 2.98. The van der Waals surface area contributed by atoms with Gasteiger partial charge in [-0.3, -0.25) is 14.9 Å². The molecular formula is C24H18IN3O7S. The van der Waals surface area contributed by atoms with Crippen molar-refractivity contribution in [2.75, 3.05) is 12.4 Å². The lowest BCUT2D eigenvalue weighted by atomic mass is 10.1. The van der Waals surface area contributed by atoms with Crippen LogP contribution in [0.25, 0.3) is 6.08 Å². The number of non-ortho nitro benzene ring substituents is 1. The number of hydrogen-bond donors (Lipinski definition) is 1. The summed E-state index contributed by atoms with van der Waals surface area (Å²) in [7, 11) is -2.82. The number of benzene rings is 3. The van der Waals surface area contributed by atoms with Crippen molar-refractivity contribution in [3.05, 3.63) is 91.0 Å². The maximum Gasteiger partial charge on any atom is 0.339 e. The Kier molecular flexibility index (Phi) is 8.28. The molecule has 184 valence electrons. The lowest BCUT2D eigenvalue weighted by molar-refractivity contribution is -0.384. The van der Waals surface area contributed by atoms with Gasteiger partial charge in [0.2, 0.25) is 0 Å². The first-order valence-corrected chi connectivity index (χ1v) is 12.6. The summed E-state index contributed by atoms with van der Waals surface area (Å²) in [6, 6.07) is 16.2. The molecule has 0 saturated heterocycles. The van der Waals surface area contributed by atoms with Gasteiger partial charge in [0.25, 0.3) is 11.6 Å². The van der Waals surface area contributed by atoms with Crippen molar-refractivity contribution in [1.29, 1.82) is 5.26 Å². The van der Waals surface area contributed by atoms with Gasteiger partial charge in [-0.15, -0.1) is 0 Å². The van der Waals surface area contributed by atoms with Gasteiger partial charge in [-0.25, -0.2) is 0 Å². The first-order chi connectivity index (χ1) is 17.0. The third-order valence-electron chi connectivity index (χ3n) is 4.75. The number of ether oxygens (including phenoxy) is 1. The van der Waals surface area contributed by atoms with Crippen LogP contribution in [-0.4, -0.2) is 26.4 Å². The summed E-state index contributed by atoms with van der Waals surface area (Å²) in [4.78, 5) is 22.9. The highest BCUT2D eigenvalue weighted by Gasteiger charge is 2.22. The Morgan fingerprint density at radius 1 is 1.17 bits per heavy atom. The molecule has 12 heteroatoms. The van der Waals surface area contributed by atoms with Gasteiger partial charge in [0.15, 0.2) is 11.5 Å². The lowest BCUT2D eigenvalue weighted by Gasteiger charge is -2.14. The van der Waals surface area contributed by atoms with Gasteiger partial charge in [-0.2, -0.15) is 13.7 Å². The van der Waals surface area contributed by atoms with E-state index < -0.39 is 20.9 Å². The first kappa shape index (κ1) is 26.6. The molecule has 0 aliphatic heterocycles. The molecule has 10 nitrogen and oxygen atoms in total. The molecule has 0 aliphatic carbocycles. The zero-order valence-electron chi connectivity index (χ0n) is 18.9. The number of aryl methyl sites for hydroxylation is 1. The van der Waals surface area contributed by atoms with E-state index in [-0.39, 0.29) is 33.3 Å². The minimum Gasteiger partial charge on any atom is -0.493 e. The average Bonchev–Trinajstić information content (AvgIpc) is 2.84. The number of rotatable bonds is 8. The smallest absolute Gasteiger partial charge is 0.339 e. The number of nitro groups is 1. The van der Waals surface area contributed by atoms with E-state index in [2.05, 4.69) is 5.32 Å². The predicted octanol–water partition coefficient (Wildman–Crippen LogP) is 4.83. The van der Waals surface area contributed by atoms with Gasteiger partial charge < -0.3 is 14.2 Å². The van der Waals surface area contributed by atoms with Crippen molar-refractivity contribution >= 4 is 56.1 Å². The number of nitriles is 1. The van der Waals surface area contributed by atoms with Gasteiger partial charge in [-0.05, 0) is 71.5 Å². The van der Waals surface area contributed by atoms with Crippen LogP contribution < -0.4 is 14.2 Å². The lowest BCUT2D eigenvalue weighted by Crippen LogP contribution is -2.13. The molecule has 0 radical (unpaired) electrons. The molecule has 0 aliphatic rings. The number of carbonyl (C=O) groups is 1. The highest BCUT2D eigenvalue weighted by molar-refractivity contribution is 14.1. The fraction of sp³-hybridized carbons (Fsp3) is 0.0833. The van der Waals surface area contributed by atoms with Crippen LogP contribution in [0, 0.1) is 31.9 Å². The average molecular weight is 619 g/mol. The molecule has 0 fully saturated rings. The molecule has 0 unspecified atom stereocenters. The summed E-state index contributed by atoms with van der Waals surface area (Å²) in [6.45, 7) is 1.83. The maximum atomic E-state index is 12.7. The van der Waals surface area contributed by atoms with E-state index in [4.69, 9.17) is 8.92 Å². The molecule has 0 bridgehead atoms. The molecule has 3 aromatic carbocycles. The molecule has 0 heterocycles. The van der Waals surface area contributed by atoms with Crippen LogP contribution in [0.1, 0.15) is 11.1 Å². The van der Waals surface area contributed by atoms with Crippen molar-refractivity contribution in [2.24, 2.45) is 0 Å². The maximum absolute atomic E-state index is 12.7. The number of hydrogen-bond acceptors (Lipinski definition) is 8. The second-order valence-corrected chi connectivity index (χ2v) is 10.0. The largest absolute Gasteiger partial charge is 0.493 e. The minimum absolute atomic E-state index is 0.0282. The molecule has 36 heavy (non-hydrogen) atoms. The van der Waals surface area contributed by atoms with E-state index in [0.717, 1.165) is 5.56 Å². The normalized spacial score (nSPS) is 11.3. The van der Waals surface area contributed by atoms with Crippen LogP contribution in [-0.2, 0) is 14.9 Å². The van der Waals surface area contributed by atoms with Crippen LogP contribution in [0.5, 0.6) is 11.5 Å². The molecule has 1 amide bonds. The number of amides is 1. The number of nitro benzene ring substituents is 1. The van der Waals surface area contributed by atoms with E-state index in [1.807, 2.05) is 29.5 Å². The number of halogens is 1. The first-order valence-electron chi connectivity index (χ1n) is 10.1. The highest BCUT2D eigenvalue weighted by atomic mass is 127. The summed E-state index contributed by atoms with van der Waals surface area (Å²) in [5.74, 6) is -0.759. The minimum atomic E-state index is -4.15. The monoisotopic (exact) mass is 619 g/mol. The van der Waals surface area contributed by atoms with Gasteiger partial charge >= 0.3 is 10.1 Å². The molecule has 0 saturated carbocycles. The molecule has 3 rings (SSSR count). The van der Waals surface area contributed by atoms with Crippen molar-refractivity contribution in [2.45, 2.75) is 11.8 Å². The Hall–Kier alpha value is -3.96. The summed E-state index contributed by atoms with van der Waals surface area (Å²) in [6.07, 6.45) is 1.27. The Bertz CT molecular complexity index is 1510. The molecule has 1 N–H and O–H groups in total. The zero-order valence-corrected chi connectivity index (χ0v) is 21.9. The fourth-order valence-corrected chi connectivity index (χ4v) is 4.82. The molecule has 0 atom stereocenters. The van der Waals surface area contributed by atoms with Gasteiger partial charge in [0.05, 0.1) is 15.6 Å². The summed E-state index contributed by atoms with van der Waals surface area (Å²) < 4.78 is 36.5. The Balaban J connectivity index is 1.90. The van der Waals surface area contributed by atoms with E-state index in [1.165, 1.54) is 61.7 Å². The highest BCUT2D eigenvalue weighted by Crippen LogP contribution is 2.36. The number of anilines is 1. The molecule has 0 aromatic heterocycles. The van der Waals surface area contributed by atoms with Crippen LogP contribution in [0.2, 0.25) is 0 Å². The van der Waals surface area contributed by atoms with E-state index >= 15 is 0 Å². The van der Waals surface area contributed by atoms with Crippen LogP contribution in [0.4, 0.5) is 11.4 Å². The second kappa shape index (κ2) is 11.2. The number of methoxy groups -OCH3 is 1.